The highest BCUT2D eigenvalue weighted by Crippen LogP contribution is 2.35. The first-order chi connectivity index (χ1) is 17.6. The quantitative estimate of drug-likeness (QED) is 0.155. The Labute approximate surface area is 230 Å². The Morgan fingerprint density at radius 2 is 1.78 bits per heavy atom. The Hall–Kier alpha value is -3.44. The smallest absolute Gasteiger partial charge is 0.348 e. The minimum Gasteiger partial charge on any atom is -0.493 e. The van der Waals surface area contributed by atoms with Gasteiger partial charge in [-0.15, -0.1) is 11.3 Å². The normalized spacial score (nSPS) is 10.9. The number of Topliss-reactive ketones (excluding diaryl/α,β-unsaturated/α-hetero) is 1. The van der Waals surface area contributed by atoms with Gasteiger partial charge in [0.05, 0.1) is 35.0 Å². The van der Waals surface area contributed by atoms with Crippen molar-refractivity contribution in [3.05, 3.63) is 47.7 Å². The maximum Gasteiger partial charge on any atom is 0.348 e. The van der Waals surface area contributed by atoms with Crippen LogP contribution in [0, 0.1) is 21.8 Å². The molecule has 1 N–H and O–H groups in total. The van der Waals surface area contributed by atoms with Gasteiger partial charge in [-0.25, -0.2) is 14.4 Å². The molecule has 0 aliphatic rings. The number of nitriles is 1. The van der Waals surface area contributed by atoms with Crippen LogP contribution in [0.25, 0.3) is 6.08 Å². The Morgan fingerprint density at radius 1 is 1.14 bits per heavy atom. The second-order valence-electron chi connectivity index (χ2n) is 7.28. The fourth-order valence-electron chi connectivity index (χ4n) is 3.24. The van der Waals surface area contributed by atoms with Crippen LogP contribution < -0.4 is 9.47 Å². The van der Waals surface area contributed by atoms with Crippen LogP contribution in [0.15, 0.2) is 17.7 Å². The molecule has 1 heterocycles. The first-order valence-corrected chi connectivity index (χ1v) is 12.8. The molecule has 2 rings (SSSR count). The van der Waals surface area contributed by atoms with Crippen molar-refractivity contribution in [3.8, 4) is 17.6 Å². The molecular weight excluding hydrogens is 617 g/mol. The molecule has 0 saturated heterocycles. The van der Waals surface area contributed by atoms with Gasteiger partial charge < -0.3 is 24.1 Å². The Morgan fingerprint density at radius 3 is 2.35 bits per heavy atom. The highest BCUT2D eigenvalue weighted by molar-refractivity contribution is 14.1. The van der Waals surface area contributed by atoms with E-state index in [9.17, 15) is 24.4 Å². The first kappa shape index (κ1) is 29.8. The van der Waals surface area contributed by atoms with E-state index in [1.165, 1.54) is 19.3 Å². The van der Waals surface area contributed by atoms with Crippen molar-refractivity contribution >= 4 is 63.7 Å². The van der Waals surface area contributed by atoms with E-state index in [0.29, 0.717) is 14.7 Å². The van der Waals surface area contributed by atoms with Crippen molar-refractivity contribution < 1.29 is 43.2 Å². The Bertz CT molecular complexity index is 1290. The third-order valence-corrected chi connectivity index (χ3v) is 6.88. The number of ether oxygens (including phenoxy) is 4. The van der Waals surface area contributed by atoms with Gasteiger partial charge in [-0.2, -0.15) is 5.26 Å². The molecule has 0 aliphatic carbocycles. The molecule has 37 heavy (non-hydrogen) atoms. The number of carbonyl (C=O) groups excluding carboxylic acids is 3. The van der Waals surface area contributed by atoms with Crippen LogP contribution in [0.2, 0.25) is 0 Å². The number of halogens is 1. The fourth-order valence-corrected chi connectivity index (χ4v) is 5.21. The van der Waals surface area contributed by atoms with Crippen molar-refractivity contribution in [2.24, 2.45) is 0 Å². The van der Waals surface area contributed by atoms with E-state index in [4.69, 9.17) is 24.1 Å². The molecule has 0 atom stereocenters. The van der Waals surface area contributed by atoms with Gasteiger partial charge >= 0.3 is 17.9 Å². The van der Waals surface area contributed by atoms with Crippen molar-refractivity contribution in [2.45, 2.75) is 27.2 Å². The minimum atomic E-state index is -1.16. The number of aliphatic carboxylic acids is 1. The zero-order valence-corrected chi connectivity index (χ0v) is 23.5. The molecular formula is C25H24INO9S. The molecule has 2 aromatic rings. The lowest BCUT2D eigenvalue weighted by Gasteiger charge is -2.12. The number of hydrogen-bond acceptors (Lipinski definition) is 10. The number of ketones is 1. The molecule has 0 radical (unpaired) electrons. The van der Waals surface area contributed by atoms with Crippen LogP contribution in [0.1, 0.15) is 49.9 Å². The number of carboxylic acid groups (broad SMARTS) is 1. The van der Waals surface area contributed by atoms with E-state index >= 15 is 0 Å². The van der Waals surface area contributed by atoms with Crippen LogP contribution in [0.5, 0.6) is 11.5 Å². The Kier molecular flexibility index (Phi) is 11.1. The number of carbonyl (C=O) groups is 4. The minimum absolute atomic E-state index is 0.103. The number of allylic oxidation sites excluding steroid dienone is 1. The number of nitrogens with zero attached hydrogens (tertiary/aromatic N) is 1. The second kappa shape index (κ2) is 13.8. The van der Waals surface area contributed by atoms with Gasteiger partial charge in [0.25, 0.3) is 0 Å². The molecule has 12 heteroatoms. The summed E-state index contributed by atoms with van der Waals surface area (Å²) < 4.78 is 21.2. The van der Waals surface area contributed by atoms with Crippen LogP contribution in [0.4, 0.5) is 0 Å². The molecule has 0 fully saturated rings. The summed E-state index contributed by atoms with van der Waals surface area (Å²) in [6.07, 6.45) is 1.04. The molecule has 196 valence electrons. The predicted molar refractivity (Wildman–Crippen MR) is 142 cm³/mol. The monoisotopic (exact) mass is 641 g/mol. The molecule has 0 spiro atoms. The van der Waals surface area contributed by atoms with Gasteiger partial charge in [0, 0.05) is 11.3 Å². The summed E-state index contributed by atoms with van der Waals surface area (Å²) in [5.74, 6) is -2.58. The maximum absolute atomic E-state index is 13.1. The lowest BCUT2D eigenvalue weighted by atomic mass is 10.0. The second-order valence-corrected chi connectivity index (χ2v) is 9.55. The van der Waals surface area contributed by atoms with Gasteiger partial charge in [-0.3, -0.25) is 4.79 Å². The molecule has 0 bridgehead atoms. The molecule has 0 amide bonds. The van der Waals surface area contributed by atoms with Crippen LogP contribution in [-0.2, 0) is 25.5 Å². The molecule has 1 aromatic carbocycles. The van der Waals surface area contributed by atoms with E-state index in [2.05, 4.69) is 0 Å². The van der Waals surface area contributed by atoms with E-state index in [-0.39, 0.29) is 52.0 Å². The van der Waals surface area contributed by atoms with Gasteiger partial charge in [-0.05, 0) is 72.7 Å². The van der Waals surface area contributed by atoms with E-state index in [1.807, 2.05) is 28.7 Å². The Balaban J connectivity index is 2.45. The third kappa shape index (κ3) is 7.53. The molecule has 0 saturated carbocycles. The van der Waals surface area contributed by atoms with Crippen molar-refractivity contribution in [1.82, 2.24) is 0 Å². The molecule has 1 aromatic heterocycles. The molecule has 10 nitrogen and oxygen atoms in total. The van der Waals surface area contributed by atoms with Gasteiger partial charge in [0.1, 0.15) is 10.9 Å². The summed E-state index contributed by atoms with van der Waals surface area (Å²) in [7, 11) is 1.38. The van der Waals surface area contributed by atoms with E-state index in [1.54, 1.807) is 26.8 Å². The average Bonchev–Trinajstić information content (AvgIpc) is 3.17. The van der Waals surface area contributed by atoms with Crippen molar-refractivity contribution in [2.75, 3.05) is 26.9 Å². The maximum atomic E-state index is 13.1. The number of carboxylic acids is 1. The fraction of sp³-hybridized carbons (Fsp3) is 0.320. The number of thiophene rings is 1. The first-order valence-electron chi connectivity index (χ1n) is 10.9. The number of rotatable bonds is 12. The van der Waals surface area contributed by atoms with Crippen molar-refractivity contribution in [1.29, 1.82) is 5.26 Å². The lowest BCUT2D eigenvalue weighted by molar-refractivity contribution is -0.139. The number of hydrogen-bond donors (Lipinski definition) is 1. The SMILES string of the molecule is CCOC(=O)c1sc(CC(=O)/C(C#N)=C/c2cc(I)c(OCC(=O)O)c(OC)c2)c(C(=O)OCC)c1C. The zero-order chi connectivity index (χ0) is 27.7. The highest BCUT2D eigenvalue weighted by atomic mass is 127. The summed E-state index contributed by atoms with van der Waals surface area (Å²) in [4.78, 5) is 49.4. The molecule has 0 unspecified atom stereocenters. The standard InChI is InChI=1S/C25H24INO9S/c1-5-34-24(31)21-13(3)23(25(32)35-6-2)37-19(21)10-17(28)15(11-27)7-14-8-16(26)22(18(9-14)33-4)36-12-20(29)30/h7-9H,5-6,10,12H2,1-4H3,(H,29,30)/b15-7+. The highest BCUT2D eigenvalue weighted by Gasteiger charge is 2.28. The average molecular weight is 641 g/mol. The summed E-state index contributed by atoms with van der Waals surface area (Å²) in [6.45, 7) is 4.55. The molecule has 0 aliphatic heterocycles. The lowest BCUT2D eigenvalue weighted by Crippen LogP contribution is -2.12. The third-order valence-electron chi connectivity index (χ3n) is 4.80. The summed E-state index contributed by atoms with van der Waals surface area (Å²) in [5.41, 5.74) is 0.699. The largest absolute Gasteiger partial charge is 0.493 e. The number of benzene rings is 1. The van der Waals surface area contributed by atoms with Gasteiger partial charge in [-0.1, -0.05) is 0 Å². The zero-order valence-electron chi connectivity index (χ0n) is 20.5. The van der Waals surface area contributed by atoms with Crippen LogP contribution >= 0.6 is 33.9 Å². The van der Waals surface area contributed by atoms with E-state index < -0.39 is 30.3 Å². The summed E-state index contributed by atoms with van der Waals surface area (Å²) >= 11 is 2.88. The number of methoxy groups -OCH3 is 1. The van der Waals surface area contributed by atoms with Crippen LogP contribution in [-0.4, -0.2) is 55.7 Å². The van der Waals surface area contributed by atoms with Gasteiger partial charge in [0.15, 0.2) is 23.9 Å². The summed E-state index contributed by atoms with van der Waals surface area (Å²) in [5, 5.41) is 18.6. The number of esters is 2. The summed E-state index contributed by atoms with van der Waals surface area (Å²) in [6, 6.07) is 4.98. The van der Waals surface area contributed by atoms with Crippen molar-refractivity contribution in [3.63, 3.8) is 0 Å². The topological polar surface area (TPSA) is 149 Å². The van der Waals surface area contributed by atoms with Crippen LogP contribution in [0.3, 0.4) is 0 Å². The van der Waals surface area contributed by atoms with E-state index in [0.717, 1.165) is 11.3 Å². The predicted octanol–water partition coefficient (Wildman–Crippen LogP) is 4.21. The van der Waals surface area contributed by atoms with Gasteiger partial charge in [0.2, 0.25) is 0 Å².